The van der Waals surface area contributed by atoms with Crippen molar-refractivity contribution in [3.63, 3.8) is 0 Å². The van der Waals surface area contributed by atoms with Gasteiger partial charge in [0.25, 0.3) is 0 Å². The fourth-order valence-electron chi connectivity index (χ4n) is 4.75. The Morgan fingerprint density at radius 3 is 1.91 bits per heavy atom. The Morgan fingerprint density at radius 1 is 0.857 bits per heavy atom. The van der Waals surface area contributed by atoms with E-state index >= 15 is 0 Å². The fourth-order valence-corrected chi connectivity index (χ4v) is 6.25. The summed E-state index contributed by atoms with van der Waals surface area (Å²) in [4.78, 5) is 40.9. The molecule has 0 bridgehead atoms. The molecule has 1 aromatic carbocycles. The molecule has 8 heteroatoms. The minimum atomic E-state index is -1.39. The maximum absolute atomic E-state index is 13.7. The van der Waals surface area contributed by atoms with Crippen molar-refractivity contribution in [3.05, 3.63) is 30.3 Å². The van der Waals surface area contributed by atoms with Crippen LogP contribution in [0.4, 0.5) is 4.79 Å². The summed E-state index contributed by atoms with van der Waals surface area (Å²) >= 11 is 1.61. The van der Waals surface area contributed by atoms with Crippen LogP contribution < -0.4 is 5.32 Å². The van der Waals surface area contributed by atoms with Crippen LogP contribution in [0.15, 0.2) is 35.2 Å². The van der Waals surface area contributed by atoms with Gasteiger partial charge in [0, 0.05) is 16.1 Å². The van der Waals surface area contributed by atoms with Crippen molar-refractivity contribution in [2.24, 2.45) is 17.8 Å². The minimum absolute atomic E-state index is 0.0950. The van der Waals surface area contributed by atoms with Crippen LogP contribution in [-0.4, -0.2) is 45.6 Å². The quantitative estimate of drug-likeness (QED) is 0.425. The Kier molecular flexibility index (Phi) is 7.30. The van der Waals surface area contributed by atoms with Crippen LogP contribution >= 0.6 is 11.8 Å². The highest BCUT2D eigenvalue weighted by Gasteiger charge is 2.76. The van der Waals surface area contributed by atoms with Gasteiger partial charge in [-0.15, -0.1) is 11.8 Å². The zero-order valence-electron chi connectivity index (χ0n) is 22.3. The number of benzene rings is 1. The zero-order valence-corrected chi connectivity index (χ0v) is 23.1. The van der Waals surface area contributed by atoms with Crippen molar-refractivity contribution >= 4 is 29.8 Å². The standard InChI is InChI=1S/C27H39NO6S/c1-24(2,3)32-21(29)19-18-17(35-16-13-11-10-12-14-16)15-27(20(18)19,22(30)33-25(4,5)6)28-23(31)34-26(7,8)9/h10-14,17-20H,15H2,1-9H3,(H,28,31)/t17-,18-,19-,20-,27-/m0/s1. The van der Waals surface area contributed by atoms with E-state index < -0.39 is 46.2 Å². The molecule has 2 aliphatic carbocycles. The Labute approximate surface area is 213 Å². The number of rotatable bonds is 5. The van der Waals surface area contributed by atoms with E-state index in [1.54, 1.807) is 53.3 Å². The number of fused-ring (bicyclic) bond motifs is 1. The van der Waals surface area contributed by atoms with Crippen molar-refractivity contribution in [1.29, 1.82) is 0 Å². The minimum Gasteiger partial charge on any atom is -0.460 e. The normalized spacial score (nSPS) is 28.0. The number of amides is 1. The van der Waals surface area contributed by atoms with Gasteiger partial charge < -0.3 is 19.5 Å². The van der Waals surface area contributed by atoms with Crippen molar-refractivity contribution in [1.82, 2.24) is 5.32 Å². The van der Waals surface area contributed by atoms with Gasteiger partial charge in [-0.1, -0.05) is 18.2 Å². The van der Waals surface area contributed by atoms with E-state index in [-0.39, 0.29) is 17.1 Å². The van der Waals surface area contributed by atoms with Gasteiger partial charge in [0.1, 0.15) is 22.3 Å². The predicted molar refractivity (Wildman–Crippen MR) is 135 cm³/mol. The van der Waals surface area contributed by atoms with E-state index in [0.29, 0.717) is 6.42 Å². The van der Waals surface area contributed by atoms with Gasteiger partial charge in [0.15, 0.2) is 0 Å². The van der Waals surface area contributed by atoms with Crippen molar-refractivity contribution < 1.29 is 28.6 Å². The van der Waals surface area contributed by atoms with Crippen molar-refractivity contribution in [2.45, 2.75) is 101 Å². The van der Waals surface area contributed by atoms with Gasteiger partial charge in [-0.25, -0.2) is 9.59 Å². The molecule has 0 heterocycles. The molecule has 0 aliphatic heterocycles. The third kappa shape index (κ3) is 6.72. The highest BCUT2D eigenvalue weighted by Crippen LogP contribution is 2.66. The van der Waals surface area contributed by atoms with Gasteiger partial charge in [0.05, 0.1) is 5.92 Å². The van der Waals surface area contributed by atoms with E-state index in [2.05, 4.69) is 5.32 Å². The number of hydrogen-bond donors (Lipinski definition) is 1. The molecule has 0 saturated heterocycles. The highest BCUT2D eigenvalue weighted by atomic mass is 32.2. The number of esters is 2. The predicted octanol–water partition coefficient (Wildman–Crippen LogP) is 5.36. The lowest BCUT2D eigenvalue weighted by atomic mass is 9.89. The Hall–Kier alpha value is -2.22. The first-order chi connectivity index (χ1) is 15.9. The fraction of sp³-hybridized carbons (Fsp3) is 0.667. The zero-order chi connectivity index (χ0) is 26.4. The Bertz CT molecular complexity index is 959. The Morgan fingerprint density at radius 2 is 1.40 bits per heavy atom. The third-order valence-corrected chi connectivity index (χ3v) is 7.12. The van der Waals surface area contributed by atoms with E-state index in [1.165, 1.54) is 0 Å². The summed E-state index contributed by atoms with van der Waals surface area (Å²) in [7, 11) is 0. The molecule has 2 aliphatic rings. The molecule has 0 radical (unpaired) electrons. The summed E-state index contributed by atoms with van der Waals surface area (Å²) in [6, 6.07) is 9.84. The number of alkyl carbamates (subject to hydrolysis) is 1. The van der Waals surface area contributed by atoms with Gasteiger partial charge in [-0.05, 0) is 86.8 Å². The van der Waals surface area contributed by atoms with Crippen LogP contribution in [0.1, 0.15) is 68.7 Å². The molecule has 0 spiro atoms. The van der Waals surface area contributed by atoms with Crippen LogP contribution in [0.3, 0.4) is 0 Å². The monoisotopic (exact) mass is 505 g/mol. The molecule has 1 N–H and O–H groups in total. The third-order valence-electron chi connectivity index (χ3n) is 5.79. The molecule has 2 fully saturated rings. The average Bonchev–Trinajstić information content (AvgIpc) is 3.32. The van der Waals surface area contributed by atoms with Gasteiger partial charge in [0.2, 0.25) is 0 Å². The van der Waals surface area contributed by atoms with E-state index in [9.17, 15) is 14.4 Å². The van der Waals surface area contributed by atoms with E-state index in [0.717, 1.165) is 4.90 Å². The van der Waals surface area contributed by atoms with Crippen LogP contribution in [0, 0.1) is 17.8 Å². The summed E-state index contributed by atoms with van der Waals surface area (Å²) in [6.45, 7) is 16.1. The molecule has 0 unspecified atom stereocenters. The summed E-state index contributed by atoms with van der Waals surface area (Å²) in [5, 5.41) is 2.77. The molecule has 3 rings (SSSR count). The lowest BCUT2D eigenvalue weighted by molar-refractivity contribution is -0.165. The molecule has 1 amide bonds. The molecule has 1 aromatic rings. The van der Waals surface area contributed by atoms with Crippen LogP contribution in [0.2, 0.25) is 0 Å². The average molecular weight is 506 g/mol. The number of ether oxygens (including phenoxy) is 3. The second kappa shape index (κ2) is 9.34. The number of carbonyl (C=O) groups excluding carboxylic acids is 3. The number of hydrogen-bond acceptors (Lipinski definition) is 7. The lowest BCUT2D eigenvalue weighted by Crippen LogP contribution is -2.59. The highest BCUT2D eigenvalue weighted by molar-refractivity contribution is 8.00. The summed E-state index contributed by atoms with van der Waals surface area (Å²) in [5.74, 6) is -2.01. The summed E-state index contributed by atoms with van der Waals surface area (Å²) in [6.07, 6.45) is -0.377. The van der Waals surface area contributed by atoms with Crippen LogP contribution in [-0.2, 0) is 23.8 Å². The van der Waals surface area contributed by atoms with Crippen LogP contribution in [0.25, 0.3) is 0 Å². The first kappa shape index (κ1) is 27.4. The van der Waals surface area contributed by atoms with Gasteiger partial charge in [-0.3, -0.25) is 4.79 Å². The van der Waals surface area contributed by atoms with Crippen molar-refractivity contribution in [3.8, 4) is 0 Å². The van der Waals surface area contributed by atoms with Crippen molar-refractivity contribution in [2.75, 3.05) is 0 Å². The SMILES string of the molecule is CC(C)(C)OC(=O)N[C@@]1(C(=O)OC(C)(C)C)C[C@H](Sc2ccccc2)[C@H]2[C@H](C(=O)OC(C)(C)C)[C@H]21. The molecular weight excluding hydrogens is 466 g/mol. The Balaban J connectivity index is 1.99. The topological polar surface area (TPSA) is 90.9 Å². The van der Waals surface area contributed by atoms with E-state index in [4.69, 9.17) is 14.2 Å². The number of thioether (sulfide) groups is 1. The number of carbonyl (C=O) groups is 3. The molecule has 2 saturated carbocycles. The lowest BCUT2D eigenvalue weighted by Gasteiger charge is -2.35. The summed E-state index contributed by atoms with van der Waals surface area (Å²) in [5.41, 5.74) is -3.57. The van der Waals surface area contributed by atoms with Gasteiger partial charge >= 0.3 is 18.0 Å². The van der Waals surface area contributed by atoms with E-state index in [1.807, 2.05) is 51.1 Å². The maximum Gasteiger partial charge on any atom is 0.408 e. The first-order valence-electron chi connectivity index (χ1n) is 12.1. The molecule has 194 valence electrons. The molecular formula is C27H39NO6S. The van der Waals surface area contributed by atoms with Gasteiger partial charge in [-0.2, -0.15) is 0 Å². The smallest absolute Gasteiger partial charge is 0.408 e. The van der Waals surface area contributed by atoms with Crippen LogP contribution in [0.5, 0.6) is 0 Å². The second-order valence-electron chi connectivity index (χ2n) is 12.4. The number of nitrogens with one attached hydrogen (secondary N) is 1. The first-order valence-corrected chi connectivity index (χ1v) is 13.0. The molecule has 0 aromatic heterocycles. The molecule has 35 heavy (non-hydrogen) atoms. The largest absolute Gasteiger partial charge is 0.460 e. The molecule has 5 atom stereocenters. The summed E-state index contributed by atoms with van der Waals surface area (Å²) < 4.78 is 17.0. The maximum atomic E-state index is 13.7. The molecule has 7 nitrogen and oxygen atoms in total. The second-order valence-corrected chi connectivity index (χ2v) is 13.7.